The smallest absolute Gasteiger partial charge is 0.318 e. The van der Waals surface area contributed by atoms with Crippen molar-refractivity contribution in [2.75, 3.05) is 12.4 Å². The summed E-state index contributed by atoms with van der Waals surface area (Å²) in [6.45, 7) is 6.33. The van der Waals surface area contributed by atoms with Crippen LogP contribution in [0.2, 0.25) is 0 Å². The highest BCUT2D eigenvalue weighted by molar-refractivity contribution is 8.00. The number of unbranched alkanes of at least 4 members (excludes halogenated alkanes) is 3. The Bertz CT molecular complexity index is 235. The minimum absolute atomic E-state index is 0.00503. The third kappa shape index (κ3) is 12.5. The lowest BCUT2D eigenvalue weighted by atomic mass is 10.2. The quantitative estimate of drug-likeness (QED) is 0.414. The SMILES string of the molecule is CC(C)COC(=O)C(C)SCCCCCCC(F)F. The summed E-state index contributed by atoms with van der Waals surface area (Å²) in [6.07, 6.45) is 1.18. The molecule has 0 aromatic carbocycles. The lowest BCUT2D eigenvalue weighted by molar-refractivity contribution is -0.143. The fourth-order valence-electron chi connectivity index (χ4n) is 1.45. The molecule has 1 atom stereocenters. The lowest BCUT2D eigenvalue weighted by Gasteiger charge is -2.12. The van der Waals surface area contributed by atoms with Crippen LogP contribution < -0.4 is 0 Å². The third-order valence-corrected chi connectivity index (χ3v) is 3.79. The number of hydrogen-bond donors (Lipinski definition) is 0. The first-order valence-corrected chi connectivity index (χ1v) is 8.04. The van der Waals surface area contributed by atoms with E-state index in [0.29, 0.717) is 18.9 Å². The van der Waals surface area contributed by atoms with Crippen LogP contribution in [0.15, 0.2) is 0 Å². The monoisotopic (exact) mass is 296 g/mol. The van der Waals surface area contributed by atoms with Crippen LogP contribution in [-0.4, -0.2) is 30.0 Å². The molecular weight excluding hydrogens is 270 g/mol. The minimum atomic E-state index is -2.18. The van der Waals surface area contributed by atoms with Gasteiger partial charge in [-0.3, -0.25) is 4.79 Å². The Kier molecular flexibility index (Phi) is 11.3. The van der Waals surface area contributed by atoms with Gasteiger partial charge < -0.3 is 4.74 Å². The summed E-state index contributed by atoms with van der Waals surface area (Å²) < 4.78 is 28.9. The molecule has 0 N–H and O–H groups in total. The predicted octanol–water partition coefficient (Wildman–Crippen LogP) is 4.52. The van der Waals surface area contributed by atoms with Gasteiger partial charge in [-0.2, -0.15) is 0 Å². The van der Waals surface area contributed by atoms with Crippen molar-refractivity contribution in [3.05, 3.63) is 0 Å². The molecule has 0 rings (SSSR count). The molecule has 5 heteroatoms. The van der Waals surface area contributed by atoms with E-state index in [0.717, 1.165) is 25.0 Å². The number of rotatable bonds is 11. The lowest BCUT2D eigenvalue weighted by Crippen LogP contribution is -2.19. The number of ether oxygens (including phenoxy) is 1. The van der Waals surface area contributed by atoms with Crippen molar-refractivity contribution in [1.82, 2.24) is 0 Å². The molecule has 0 aliphatic heterocycles. The number of carbonyl (C=O) groups is 1. The first-order chi connectivity index (χ1) is 8.93. The van der Waals surface area contributed by atoms with E-state index in [1.165, 1.54) is 0 Å². The average Bonchev–Trinajstić information content (AvgIpc) is 2.33. The van der Waals surface area contributed by atoms with Gasteiger partial charge in [-0.25, -0.2) is 8.78 Å². The number of halogens is 2. The molecule has 114 valence electrons. The van der Waals surface area contributed by atoms with Crippen LogP contribution in [0.4, 0.5) is 8.78 Å². The van der Waals surface area contributed by atoms with Crippen LogP contribution in [0.3, 0.4) is 0 Å². The summed E-state index contributed by atoms with van der Waals surface area (Å²) in [5.41, 5.74) is 0. The molecule has 0 saturated carbocycles. The maximum Gasteiger partial charge on any atom is 0.318 e. The fourth-order valence-corrected chi connectivity index (χ4v) is 2.38. The molecule has 0 aromatic rings. The fraction of sp³-hybridized carbons (Fsp3) is 0.929. The maximum absolute atomic E-state index is 11.9. The molecule has 19 heavy (non-hydrogen) atoms. The van der Waals surface area contributed by atoms with Crippen LogP contribution in [-0.2, 0) is 9.53 Å². The Morgan fingerprint density at radius 3 is 2.32 bits per heavy atom. The number of esters is 1. The van der Waals surface area contributed by atoms with E-state index < -0.39 is 6.43 Å². The molecule has 0 aromatic heterocycles. The van der Waals surface area contributed by atoms with Crippen molar-refractivity contribution in [3.63, 3.8) is 0 Å². The highest BCUT2D eigenvalue weighted by atomic mass is 32.2. The zero-order chi connectivity index (χ0) is 14.7. The Labute approximate surface area is 119 Å². The van der Waals surface area contributed by atoms with Gasteiger partial charge in [0.05, 0.1) is 11.9 Å². The summed E-state index contributed by atoms with van der Waals surface area (Å²) in [5.74, 6) is 1.08. The van der Waals surface area contributed by atoms with E-state index in [1.54, 1.807) is 11.8 Å². The maximum atomic E-state index is 11.9. The molecule has 0 bridgehead atoms. The minimum Gasteiger partial charge on any atom is -0.465 e. The average molecular weight is 296 g/mol. The van der Waals surface area contributed by atoms with Crippen molar-refractivity contribution < 1.29 is 18.3 Å². The molecule has 0 radical (unpaired) electrons. The summed E-state index contributed by atoms with van der Waals surface area (Å²) in [5, 5.41) is -0.139. The standard InChI is InChI=1S/C14H26F2O2S/c1-11(2)10-18-14(17)12(3)19-9-7-5-4-6-8-13(15)16/h11-13H,4-10H2,1-3H3. The normalized spacial score (nSPS) is 13.0. The van der Waals surface area contributed by atoms with Gasteiger partial charge >= 0.3 is 5.97 Å². The van der Waals surface area contributed by atoms with Crippen molar-refractivity contribution in [2.24, 2.45) is 5.92 Å². The van der Waals surface area contributed by atoms with E-state index in [2.05, 4.69) is 0 Å². The second-order valence-electron chi connectivity index (χ2n) is 5.13. The van der Waals surface area contributed by atoms with Crippen LogP contribution >= 0.6 is 11.8 Å². The van der Waals surface area contributed by atoms with E-state index >= 15 is 0 Å². The van der Waals surface area contributed by atoms with Crippen molar-refractivity contribution in [2.45, 2.75) is 64.6 Å². The second-order valence-corrected chi connectivity index (χ2v) is 6.58. The number of carbonyl (C=O) groups excluding carboxylic acids is 1. The van der Waals surface area contributed by atoms with E-state index in [4.69, 9.17) is 4.74 Å². The molecule has 0 saturated heterocycles. The van der Waals surface area contributed by atoms with Crippen LogP contribution in [0.25, 0.3) is 0 Å². The van der Waals surface area contributed by atoms with E-state index in [1.807, 2.05) is 20.8 Å². The molecule has 0 fully saturated rings. The van der Waals surface area contributed by atoms with Gasteiger partial charge in [-0.15, -0.1) is 11.8 Å². The molecule has 0 spiro atoms. The topological polar surface area (TPSA) is 26.3 Å². The second kappa shape index (κ2) is 11.5. The Balaban J connectivity index is 3.42. The van der Waals surface area contributed by atoms with Crippen molar-refractivity contribution in [3.8, 4) is 0 Å². The molecule has 0 heterocycles. The predicted molar refractivity (Wildman–Crippen MR) is 76.8 cm³/mol. The Morgan fingerprint density at radius 2 is 1.74 bits per heavy atom. The summed E-state index contributed by atoms with van der Waals surface area (Å²) >= 11 is 1.58. The molecule has 1 unspecified atom stereocenters. The largest absolute Gasteiger partial charge is 0.465 e. The van der Waals surface area contributed by atoms with Crippen molar-refractivity contribution >= 4 is 17.7 Å². The summed E-state index contributed by atoms with van der Waals surface area (Å²) in [6, 6.07) is 0. The highest BCUT2D eigenvalue weighted by Gasteiger charge is 2.14. The molecule has 0 aliphatic carbocycles. The Morgan fingerprint density at radius 1 is 1.11 bits per heavy atom. The third-order valence-electron chi connectivity index (χ3n) is 2.58. The summed E-state index contributed by atoms with van der Waals surface area (Å²) in [4.78, 5) is 11.6. The molecular formula is C14H26F2O2S. The van der Waals surface area contributed by atoms with Crippen LogP contribution in [0, 0.1) is 5.92 Å². The number of hydrogen-bond acceptors (Lipinski definition) is 3. The first kappa shape index (κ1) is 18.7. The van der Waals surface area contributed by atoms with Gasteiger partial charge in [0, 0.05) is 6.42 Å². The van der Waals surface area contributed by atoms with E-state index in [-0.39, 0.29) is 17.6 Å². The molecule has 2 nitrogen and oxygen atoms in total. The van der Waals surface area contributed by atoms with Gasteiger partial charge in [0.2, 0.25) is 6.43 Å². The molecule has 0 aliphatic rings. The Hall–Kier alpha value is -0.320. The van der Waals surface area contributed by atoms with Crippen LogP contribution in [0.1, 0.15) is 52.9 Å². The number of alkyl halides is 2. The zero-order valence-corrected chi connectivity index (χ0v) is 13.0. The van der Waals surface area contributed by atoms with E-state index in [9.17, 15) is 13.6 Å². The highest BCUT2D eigenvalue weighted by Crippen LogP contribution is 2.16. The summed E-state index contributed by atoms with van der Waals surface area (Å²) in [7, 11) is 0. The van der Waals surface area contributed by atoms with Gasteiger partial charge in [0.25, 0.3) is 0 Å². The first-order valence-electron chi connectivity index (χ1n) is 6.99. The molecule has 0 amide bonds. The number of thioether (sulfide) groups is 1. The van der Waals surface area contributed by atoms with Crippen molar-refractivity contribution in [1.29, 1.82) is 0 Å². The van der Waals surface area contributed by atoms with Gasteiger partial charge in [-0.05, 0) is 31.4 Å². The van der Waals surface area contributed by atoms with Crippen LogP contribution in [0.5, 0.6) is 0 Å². The van der Waals surface area contributed by atoms with Gasteiger partial charge in [-0.1, -0.05) is 26.7 Å². The zero-order valence-electron chi connectivity index (χ0n) is 12.2. The van der Waals surface area contributed by atoms with Gasteiger partial charge in [0.1, 0.15) is 0 Å². The van der Waals surface area contributed by atoms with Gasteiger partial charge in [0.15, 0.2) is 0 Å².